The van der Waals surface area contributed by atoms with Crippen LogP contribution < -0.4 is 0 Å². The summed E-state index contributed by atoms with van der Waals surface area (Å²) in [5.74, 6) is -0.969. The van der Waals surface area contributed by atoms with Crippen LogP contribution >= 0.6 is 0 Å². The SMILES string of the molecule is O=C(O)c1cccn2cc(-c3ccc(CN4CCOCC4)cc3)nc12. The van der Waals surface area contributed by atoms with Crippen LogP contribution in [-0.2, 0) is 11.3 Å². The van der Waals surface area contributed by atoms with Crippen molar-refractivity contribution in [2.45, 2.75) is 6.54 Å². The van der Waals surface area contributed by atoms with E-state index in [0.29, 0.717) is 5.65 Å². The largest absolute Gasteiger partial charge is 0.478 e. The van der Waals surface area contributed by atoms with E-state index in [2.05, 4.69) is 22.0 Å². The van der Waals surface area contributed by atoms with E-state index in [4.69, 9.17) is 4.74 Å². The van der Waals surface area contributed by atoms with Crippen LogP contribution in [0.3, 0.4) is 0 Å². The number of aromatic carboxylic acids is 1. The fourth-order valence-corrected chi connectivity index (χ4v) is 3.12. The van der Waals surface area contributed by atoms with Crippen LogP contribution in [0.1, 0.15) is 15.9 Å². The molecule has 25 heavy (non-hydrogen) atoms. The normalized spacial score (nSPS) is 15.5. The van der Waals surface area contributed by atoms with Crippen molar-refractivity contribution in [2.24, 2.45) is 0 Å². The molecular weight excluding hydrogens is 318 g/mol. The number of hydrogen-bond acceptors (Lipinski definition) is 4. The minimum atomic E-state index is -0.969. The van der Waals surface area contributed by atoms with Crippen molar-refractivity contribution >= 4 is 11.6 Å². The summed E-state index contributed by atoms with van der Waals surface area (Å²) < 4.78 is 7.13. The summed E-state index contributed by atoms with van der Waals surface area (Å²) in [7, 11) is 0. The molecule has 1 aromatic carbocycles. The molecule has 1 aliphatic rings. The zero-order valence-corrected chi connectivity index (χ0v) is 13.8. The third-order valence-corrected chi connectivity index (χ3v) is 4.47. The molecule has 0 spiro atoms. The highest BCUT2D eigenvalue weighted by atomic mass is 16.5. The lowest BCUT2D eigenvalue weighted by molar-refractivity contribution is 0.0342. The van der Waals surface area contributed by atoms with Crippen LogP contribution in [0, 0.1) is 0 Å². The average Bonchev–Trinajstić information content (AvgIpc) is 3.07. The quantitative estimate of drug-likeness (QED) is 0.792. The first kappa shape index (κ1) is 15.8. The van der Waals surface area contributed by atoms with Crippen LogP contribution in [0.25, 0.3) is 16.9 Å². The Kier molecular flexibility index (Phi) is 4.21. The van der Waals surface area contributed by atoms with Gasteiger partial charge in [0.15, 0.2) is 5.65 Å². The van der Waals surface area contributed by atoms with Crippen LogP contribution in [0.5, 0.6) is 0 Å². The standard InChI is InChI=1S/C19H19N3O3/c23-19(24)16-2-1-7-22-13-17(20-18(16)22)15-5-3-14(4-6-15)12-21-8-10-25-11-9-21/h1-7,13H,8-12H2,(H,23,24). The minimum Gasteiger partial charge on any atom is -0.478 e. The number of aromatic nitrogens is 2. The molecule has 0 amide bonds. The first-order valence-electron chi connectivity index (χ1n) is 8.31. The lowest BCUT2D eigenvalue weighted by Crippen LogP contribution is -2.35. The van der Waals surface area contributed by atoms with Crippen LogP contribution in [0.15, 0.2) is 48.8 Å². The third kappa shape index (κ3) is 3.26. The number of imidazole rings is 1. The molecule has 4 rings (SSSR count). The second kappa shape index (κ2) is 6.66. The number of fused-ring (bicyclic) bond motifs is 1. The summed E-state index contributed by atoms with van der Waals surface area (Å²) in [5.41, 5.74) is 3.66. The fraction of sp³-hybridized carbons (Fsp3) is 0.263. The molecule has 0 saturated carbocycles. The number of rotatable bonds is 4. The first-order valence-corrected chi connectivity index (χ1v) is 8.31. The van der Waals surface area contributed by atoms with Crippen molar-refractivity contribution in [1.29, 1.82) is 0 Å². The van der Waals surface area contributed by atoms with E-state index in [9.17, 15) is 9.90 Å². The molecule has 0 aliphatic carbocycles. The van der Waals surface area contributed by atoms with E-state index in [1.165, 1.54) is 5.56 Å². The number of carboxylic acids is 1. The van der Waals surface area contributed by atoms with Crippen molar-refractivity contribution in [3.8, 4) is 11.3 Å². The molecule has 2 aromatic heterocycles. The Labute approximate surface area is 145 Å². The highest BCUT2D eigenvalue weighted by molar-refractivity contribution is 5.94. The second-order valence-electron chi connectivity index (χ2n) is 6.17. The van der Waals surface area contributed by atoms with Gasteiger partial charge in [-0.1, -0.05) is 24.3 Å². The zero-order chi connectivity index (χ0) is 17.2. The smallest absolute Gasteiger partial charge is 0.339 e. The Hall–Kier alpha value is -2.70. The number of hydrogen-bond donors (Lipinski definition) is 1. The van der Waals surface area contributed by atoms with Gasteiger partial charge < -0.3 is 14.2 Å². The van der Waals surface area contributed by atoms with Crippen molar-refractivity contribution in [3.63, 3.8) is 0 Å². The topological polar surface area (TPSA) is 67.1 Å². The molecule has 1 aliphatic heterocycles. The summed E-state index contributed by atoms with van der Waals surface area (Å²) in [6.07, 6.45) is 3.67. The number of pyridine rings is 1. The number of carboxylic acid groups (broad SMARTS) is 1. The van der Waals surface area contributed by atoms with E-state index < -0.39 is 5.97 Å². The Morgan fingerprint density at radius 1 is 1.16 bits per heavy atom. The molecular formula is C19H19N3O3. The Morgan fingerprint density at radius 2 is 1.92 bits per heavy atom. The summed E-state index contributed by atoms with van der Waals surface area (Å²) in [6.45, 7) is 4.44. The molecule has 0 bridgehead atoms. The van der Waals surface area contributed by atoms with Gasteiger partial charge in [-0.15, -0.1) is 0 Å². The van der Waals surface area contributed by atoms with E-state index in [-0.39, 0.29) is 5.56 Å². The van der Waals surface area contributed by atoms with Gasteiger partial charge in [-0.3, -0.25) is 4.90 Å². The average molecular weight is 337 g/mol. The van der Waals surface area contributed by atoms with E-state index in [1.807, 2.05) is 24.5 Å². The van der Waals surface area contributed by atoms with Gasteiger partial charge >= 0.3 is 5.97 Å². The summed E-state index contributed by atoms with van der Waals surface area (Å²) in [6, 6.07) is 11.6. The Morgan fingerprint density at radius 3 is 2.64 bits per heavy atom. The second-order valence-corrected chi connectivity index (χ2v) is 6.17. The summed E-state index contributed by atoms with van der Waals surface area (Å²) in [5, 5.41) is 9.29. The summed E-state index contributed by atoms with van der Waals surface area (Å²) in [4.78, 5) is 18.2. The fourth-order valence-electron chi connectivity index (χ4n) is 3.12. The van der Waals surface area contributed by atoms with E-state index in [1.54, 1.807) is 16.5 Å². The lowest BCUT2D eigenvalue weighted by atomic mass is 10.1. The van der Waals surface area contributed by atoms with Crippen molar-refractivity contribution < 1.29 is 14.6 Å². The van der Waals surface area contributed by atoms with Crippen LogP contribution in [-0.4, -0.2) is 51.7 Å². The Bertz CT molecular complexity index is 896. The maximum Gasteiger partial charge on any atom is 0.339 e. The summed E-state index contributed by atoms with van der Waals surface area (Å²) >= 11 is 0. The van der Waals surface area contributed by atoms with Gasteiger partial charge in [-0.25, -0.2) is 9.78 Å². The zero-order valence-electron chi connectivity index (χ0n) is 13.8. The molecule has 0 atom stereocenters. The van der Waals surface area contributed by atoms with Gasteiger partial charge in [0.1, 0.15) is 5.56 Å². The van der Waals surface area contributed by atoms with Gasteiger partial charge in [0.25, 0.3) is 0 Å². The van der Waals surface area contributed by atoms with Crippen LogP contribution in [0.4, 0.5) is 0 Å². The monoisotopic (exact) mass is 337 g/mol. The number of morpholine rings is 1. The predicted molar refractivity (Wildman–Crippen MR) is 93.7 cm³/mol. The predicted octanol–water partition coefficient (Wildman–Crippen LogP) is 2.53. The molecule has 3 aromatic rings. The lowest BCUT2D eigenvalue weighted by Gasteiger charge is -2.26. The molecule has 128 valence electrons. The van der Waals surface area contributed by atoms with Crippen LogP contribution in [0.2, 0.25) is 0 Å². The third-order valence-electron chi connectivity index (χ3n) is 4.47. The van der Waals surface area contributed by atoms with Gasteiger partial charge in [0.05, 0.1) is 18.9 Å². The van der Waals surface area contributed by atoms with E-state index in [0.717, 1.165) is 44.1 Å². The van der Waals surface area contributed by atoms with Gasteiger partial charge in [-0.2, -0.15) is 0 Å². The Balaban J connectivity index is 1.58. The first-order chi connectivity index (χ1) is 12.2. The van der Waals surface area contributed by atoms with Gasteiger partial charge in [0, 0.05) is 37.6 Å². The molecule has 6 nitrogen and oxygen atoms in total. The molecule has 1 fully saturated rings. The highest BCUT2D eigenvalue weighted by Gasteiger charge is 2.13. The minimum absolute atomic E-state index is 0.206. The molecule has 3 heterocycles. The molecule has 0 radical (unpaired) electrons. The van der Waals surface area contributed by atoms with Gasteiger partial charge in [-0.05, 0) is 17.7 Å². The number of carbonyl (C=O) groups is 1. The molecule has 1 saturated heterocycles. The van der Waals surface area contributed by atoms with E-state index >= 15 is 0 Å². The maximum absolute atomic E-state index is 11.3. The van der Waals surface area contributed by atoms with Crippen molar-refractivity contribution in [2.75, 3.05) is 26.3 Å². The molecule has 1 N–H and O–H groups in total. The highest BCUT2D eigenvalue weighted by Crippen LogP contribution is 2.22. The molecule has 6 heteroatoms. The van der Waals surface area contributed by atoms with Crippen molar-refractivity contribution in [1.82, 2.24) is 14.3 Å². The number of ether oxygens (including phenoxy) is 1. The number of benzene rings is 1. The van der Waals surface area contributed by atoms with Crippen molar-refractivity contribution in [3.05, 3.63) is 59.9 Å². The molecule has 0 unspecified atom stereocenters. The van der Waals surface area contributed by atoms with Gasteiger partial charge in [0.2, 0.25) is 0 Å². The maximum atomic E-state index is 11.3. The number of nitrogens with zero attached hydrogens (tertiary/aromatic N) is 3.